The first kappa shape index (κ1) is 25.9. The number of benzene rings is 6. The van der Waals surface area contributed by atoms with Gasteiger partial charge in [0.1, 0.15) is 0 Å². The minimum atomic E-state index is 1.17. The highest BCUT2D eigenvalue weighted by atomic mass is 15.1. The lowest BCUT2D eigenvalue weighted by Gasteiger charge is -2.23. The van der Waals surface area contributed by atoms with Crippen molar-refractivity contribution >= 4 is 33.2 Å². The number of fused-ring (bicyclic) bond motifs is 3. The van der Waals surface area contributed by atoms with E-state index in [1.807, 2.05) is 0 Å². The van der Waals surface area contributed by atoms with Gasteiger partial charge in [0.05, 0.1) is 11.0 Å². The number of aromatic nitrogens is 1. The zero-order chi connectivity index (χ0) is 28.8. The molecule has 0 saturated heterocycles. The van der Waals surface area contributed by atoms with Crippen LogP contribution in [0.3, 0.4) is 0 Å². The largest absolute Gasteiger partial charge is 0.345 e. The molecule has 2 heteroatoms. The lowest BCUT2D eigenvalue weighted by Crippen LogP contribution is -2.10. The monoisotopic (exact) mass is 542 g/mol. The van der Waals surface area contributed by atoms with Crippen LogP contribution >= 0.6 is 0 Å². The van der Waals surface area contributed by atoms with E-state index in [-0.39, 0.29) is 0 Å². The smallest absolute Gasteiger partial charge is 0.0541 e. The highest BCUT2D eigenvalue weighted by molar-refractivity contribution is 6.10. The first-order valence-corrected chi connectivity index (χ1v) is 14.6. The van der Waals surface area contributed by atoms with E-state index < -0.39 is 0 Å². The van der Waals surface area contributed by atoms with Gasteiger partial charge in [-0.1, -0.05) is 84.4 Å². The fraction of sp³-hybridized carbons (Fsp3) is 0.100. The predicted molar refractivity (Wildman–Crippen MR) is 180 cm³/mol. The van der Waals surface area contributed by atoms with E-state index in [2.05, 4.69) is 171 Å². The van der Waals surface area contributed by atoms with Crippen LogP contribution in [0.1, 0.15) is 16.7 Å². The molecule has 0 amide bonds. The molecule has 0 unspecified atom stereocenters. The molecule has 204 valence electrons. The van der Waals surface area contributed by atoms with Crippen LogP contribution in [0.25, 0.3) is 49.7 Å². The molecule has 0 saturated carbocycles. The Morgan fingerprint density at radius 2 is 1.07 bits per heavy atom. The van der Waals surface area contributed by atoms with Crippen molar-refractivity contribution in [2.24, 2.45) is 0 Å². The first-order valence-electron chi connectivity index (χ1n) is 14.6. The van der Waals surface area contributed by atoms with Crippen LogP contribution in [0, 0.1) is 20.8 Å². The molecule has 0 aliphatic carbocycles. The third kappa shape index (κ3) is 4.46. The van der Waals surface area contributed by atoms with E-state index in [1.165, 1.54) is 77.8 Å². The SMILES string of the molecule is Cc1ccc(-n2c3ccccc3c3cc(-c4c(C)cc(N(C)c5ccc(-c6ccccc6)cc5)cc4C)ccc32)cc1. The second kappa shape index (κ2) is 10.4. The van der Waals surface area contributed by atoms with Crippen LogP contribution in [0.15, 0.2) is 133 Å². The first-order chi connectivity index (χ1) is 20.5. The van der Waals surface area contributed by atoms with Gasteiger partial charge in [0.25, 0.3) is 0 Å². The number of aryl methyl sites for hydroxylation is 3. The Kier molecular flexibility index (Phi) is 6.40. The maximum Gasteiger partial charge on any atom is 0.0541 e. The summed E-state index contributed by atoms with van der Waals surface area (Å²) in [5, 5.41) is 2.56. The van der Waals surface area contributed by atoms with E-state index in [0.29, 0.717) is 0 Å². The van der Waals surface area contributed by atoms with Crippen molar-refractivity contribution in [3.8, 4) is 27.9 Å². The van der Waals surface area contributed by atoms with Crippen LogP contribution in [-0.4, -0.2) is 11.6 Å². The van der Waals surface area contributed by atoms with Crippen molar-refractivity contribution in [1.29, 1.82) is 0 Å². The molecule has 2 nitrogen and oxygen atoms in total. The molecule has 7 rings (SSSR count). The maximum absolute atomic E-state index is 2.38. The van der Waals surface area contributed by atoms with Crippen molar-refractivity contribution in [3.05, 3.63) is 150 Å². The van der Waals surface area contributed by atoms with Gasteiger partial charge < -0.3 is 9.47 Å². The summed E-state index contributed by atoms with van der Waals surface area (Å²) in [7, 11) is 2.15. The van der Waals surface area contributed by atoms with Crippen molar-refractivity contribution in [1.82, 2.24) is 4.57 Å². The number of hydrogen-bond acceptors (Lipinski definition) is 1. The summed E-state index contributed by atoms with van der Waals surface area (Å²) in [6.45, 7) is 6.60. The van der Waals surface area contributed by atoms with E-state index in [1.54, 1.807) is 0 Å². The summed E-state index contributed by atoms with van der Waals surface area (Å²) in [4.78, 5) is 2.27. The number of anilines is 2. The fourth-order valence-corrected chi connectivity index (χ4v) is 6.35. The summed E-state index contributed by atoms with van der Waals surface area (Å²) in [6.07, 6.45) is 0. The predicted octanol–water partition coefficient (Wildman–Crippen LogP) is 10.8. The van der Waals surface area contributed by atoms with Crippen molar-refractivity contribution in [2.75, 3.05) is 11.9 Å². The Balaban J connectivity index is 1.27. The molecule has 0 fully saturated rings. The second-order valence-electron chi connectivity index (χ2n) is 11.3. The minimum Gasteiger partial charge on any atom is -0.345 e. The number of rotatable bonds is 5. The molecule has 1 heterocycles. The van der Waals surface area contributed by atoms with E-state index in [4.69, 9.17) is 0 Å². The van der Waals surface area contributed by atoms with Gasteiger partial charge in [0.2, 0.25) is 0 Å². The Morgan fingerprint density at radius 3 is 1.79 bits per heavy atom. The molecule has 6 aromatic carbocycles. The average Bonchev–Trinajstić information content (AvgIpc) is 3.35. The molecule has 0 bridgehead atoms. The van der Waals surface area contributed by atoms with Gasteiger partial charge in [-0.25, -0.2) is 0 Å². The summed E-state index contributed by atoms with van der Waals surface area (Å²) in [5.41, 5.74) is 14.9. The van der Waals surface area contributed by atoms with E-state index >= 15 is 0 Å². The summed E-state index contributed by atoms with van der Waals surface area (Å²) >= 11 is 0. The van der Waals surface area contributed by atoms with Gasteiger partial charge in [0.15, 0.2) is 0 Å². The quantitative estimate of drug-likeness (QED) is 0.210. The molecule has 0 N–H and O–H groups in total. The molecule has 1 aromatic heterocycles. The maximum atomic E-state index is 2.38. The van der Waals surface area contributed by atoms with Crippen molar-refractivity contribution in [3.63, 3.8) is 0 Å². The minimum absolute atomic E-state index is 1.17. The molecule has 0 atom stereocenters. The molecule has 0 aliphatic heterocycles. The molecular weight excluding hydrogens is 508 g/mol. The lowest BCUT2D eigenvalue weighted by atomic mass is 9.93. The van der Waals surface area contributed by atoms with Crippen molar-refractivity contribution in [2.45, 2.75) is 20.8 Å². The topological polar surface area (TPSA) is 8.17 Å². The summed E-state index contributed by atoms with van der Waals surface area (Å²) < 4.78 is 2.38. The summed E-state index contributed by atoms with van der Waals surface area (Å²) in [6, 6.07) is 48.5. The normalized spacial score (nSPS) is 11.3. The Morgan fingerprint density at radius 1 is 0.476 bits per heavy atom. The van der Waals surface area contributed by atoms with Crippen LogP contribution in [0.4, 0.5) is 11.4 Å². The molecular formula is C40H34N2. The lowest BCUT2D eigenvalue weighted by molar-refractivity contribution is 1.17. The second-order valence-corrected chi connectivity index (χ2v) is 11.3. The number of hydrogen-bond donors (Lipinski definition) is 0. The highest BCUT2D eigenvalue weighted by Crippen LogP contribution is 2.38. The van der Waals surface area contributed by atoms with Gasteiger partial charge in [-0.15, -0.1) is 0 Å². The van der Waals surface area contributed by atoms with Gasteiger partial charge in [-0.05, 0) is 109 Å². The average molecular weight is 543 g/mol. The Hall–Kier alpha value is -5.08. The summed E-state index contributed by atoms with van der Waals surface area (Å²) in [5.74, 6) is 0. The Bertz CT molecular complexity index is 2020. The third-order valence-corrected chi connectivity index (χ3v) is 8.52. The van der Waals surface area contributed by atoms with Crippen LogP contribution in [0.5, 0.6) is 0 Å². The van der Waals surface area contributed by atoms with Crippen LogP contribution in [0.2, 0.25) is 0 Å². The fourth-order valence-electron chi connectivity index (χ4n) is 6.35. The van der Waals surface area contributed by atoms with E-state index in [0.717, 1.165) is 0 Å². The van der Waals surface area contributed by atoms with Gasteiger partial charge in [-0.2, -0.15) is 0 Å². The van der Waals surface area contributed by atoms with Crippen molar-refractivity contribution < 1.29 is 0 Å². The molecule has 42 heavy (non-hydrogen) atoms. The van der Waals surface area contributed by atoms with E-state index in [9.17, 15) is 0 Å². The van der Waals surface area contributed by atoms with Crippen LogP contribution < -0.4 is 4.90 Å². The molecule has 7 aromatic rings. The molecule has 0 radical (unpaired) electrons. The highest BCUT2D eigenvalue weighted by Gasteiger charge is 2.16. The van der Waals surface area contributed by atoms with Gasteiger partial charge >= 0.3 is 0 Å². The zero-order valence-corrected chi connectivity index (χ0v) is 24.6. The molecule has 0 aliphatic rings. The Labute approximate surface area is 248 Å². The van der Waals surface area contributed by atoms with Gasteiger partial charge in [-0.3, -0.25) is 0 Å². The number of para-hydroxylation sites is 1. The van der Waals surface area contributed by atoms with Gasteiger partial charge in [0, 0.05) is 34.9 Å². The third-order valence-electron chi connectivity index (χ3n) is 8.52. The zero-order valence-electron chi connectivity index (χ0n) is 24.6. The standard InChI is InChI=1S/C40H34N2/c1-27-14-19-34(20-15-27)42-38-13-9-8-12-36(38)37-26-32(18-23-39(37)42)40-28(2)24-35(25-29(40)3)41(4)33-21-16-31(17-22-33)30-10-6-5-7-11-30/h5-26H,1-4H3. The number of nitrogens with zero attached hydrogens (tertiary/aromatic N) is 2. The molecule has 0 spiro atoms. The van der Waals surface area contributed by atoms with Crippen LogP contribution in [-0.2, 0) is 0 Å².